The molecular formula is C16H22N4O. The lowest BCUT2D eigenvalue weighted by Gasteiger charge is -2.18. The van der Waals surface area contributed by atoms with Gasteiger partial charge in [0.25, 0.3) is 0 Å². The van der Waals surface area contributed by atoms with Crippen LogP contribution >= 0.6 is 0 Å². The van der Waals surface area contributed by atoms with Crippen molar-refractivity contribution in [3.63, 3.8) is 0 Å². The van der Waals surface area contributed by atoms with Crippen LogP contribution in [-0.2, 0) is 4.79 Å². The Labute approximate surface area is 125 Å². The Kier molecular flexibility index (Phi) is 5.11. The molecule has 5 heteroatoms. The second-order valence-corrected chi connectivity index (χ2v) is 5.17. The summed E-state index contributed by atoms with van der Waals surface area (Å²) in [5, 5.41) is 7.17. The smallest absolute Gasteiger partial charge is 0.237 e. The monoisotopic (exact) mass is 286 g/mol. The Hall–Kier alpha value is -2.14. The van der Waals surface area contributed by atoms with E-state index in [0.717, 1.165) is 17.7 Å². The zero-order valence-electron chi connectivity index (χ0n) is 12.5. The third-order valence-electron chi connectivity index (χ3n) is 3.43. The van der Waals surface area contributed by atoms with E-state index in [9.17, 15) is 4.79 Å². The first-order valence-electron chi connectivity index (χ1n) is 7.27. The van der Waals surface area contributed by atoms with Gasteiger partial charge in [0.15, 0.2) is 0 Å². The Morgan fingerprint density at radius 2 is 2.24 bits per heavy atom. The van der Waals surface area contributed by atoms with Crippen molar-refractivity contribution in [3.8, 4) is 5.69 Å². The number of rotatable bonds is 6. The van der Waals surface area contributed by atoms with Crippen molar-refractivity contribution in [1.29, 1.82) is 0 Å². The van der Waals surface area contributed by atoms with E-state index in [0.29, 0.717) is 6.42 Å². The van der Waals surface area contributed by atoms with Gasteiger partial charge in [0.1, 0.15) is 0 Å². The molecule has 0 saturated heterocycles. The lowest BCUT2D eigenvalue weighted by molar-refractivity contribution is -0.123. The lowest BCUT2D eigenvalue weighted by Crippen LogP contribution is -2.41. The zero-order chi connectivity index (χ0) is 15.2. The summed E-state index contributed by atoms with van der Waals surface area (Å²) in [5.74, 6) is -0.103. The third-order valence-corrected chi connectivity index (χ3v) is 3.43. The maximum Gasteiger partial charge on any atom is 0.237 e. The van der Waals surface area contributed by atoms with E-state index in [-0.39, 0.29) is 11.9 Å². The molecule has 5 nitrogen and oxygen atoms in total. The van der Waals surface area contributed by atoms with Gasteiger partial charge in [0, 0.05) is 12.4 Å². The van der Waals surface area contributed by atoms with Crippen LogP contribution in [0.25, 0.3) is 5.69 Å². The standard InChI is InChI=1S/C16H22N4O/c1-3-6-15(17)16(21)19-12(2)13-7-4-8-14(11-13)20-10-5-9-18-20/h4-5,7-12,15H,3,6,17H2,1-2H3,(H,19,21). The molecule has 3 N–H and O–H groups in total. The molecule has 1 amide bonds. The summed E-state index contributed by atoms with van der Waals surface area (Å²) in [6.07, 6.45) is 5.23. The summed E-state index contributed by atoms with van der Waals surface area (Å²) in [5.41, 5.74) is 7.83. The number of hydrogen-bond donors (Lipinski definition) is 2. The molecule has 0 aliphatic rings. The van der Waals surface area contributed by atoms with E-state index in [1.165, 1.54) is 0 Å². The number of carbonyl (C=O) groups excluding carboxylic acids is 1. The second-order valence-electron chi connectivity index (χ2n) is 5.17. The molecule has 0 spiro atoms. The fraction of sp³-hybridized carbons (Fsp3) is 0.375. The average Bonchev–Trinajstić information content (AvgIpc) is 3.01. The highest BCUT2D eigenvalue weighted by molar-refractivity contribution is 5.81. The number of hydrogen-bond acceptors (Lipinski definition) is 3. The largest absolute Gasteiger partial charge is 0.348 e. The van der Waals surface area contributed by atoms with Crippen LogP contribution in [0.3, 0.4) is 0 Å². The van der Waals surface area contributed by atoms with Crippen molar-refractivity contribution >= 4 is 5.91 Å². The highest BCUT2D eigenvalue weighted by Gasteiger charge is 2.16. The molecule has 0 aliphatic heterocycles. The van der Waals surface area contributed by atoms with Crippen LogP contribution in [0, 0.1) is 0 Å². The van der Waals surface area contributed by atoms with Gasteiger partial charge in [-0.3, -0.25) is 4.79 Å². The van der Waals surface area contributed by atoms with Crippen LogP contribution < -0.4 is 11.1 Å². The fourth-order valence-corrected chi connectivity index (χ4v) is 2.20. The summed E-state index contributed by atoms with van der Waals surface area (Å²) in [6, 6.07) is 9.30. The van der Waals surface area contributed by atoms with Crippen LogP contribution in [0.2, 0.25) is 0 Å². The number of benzene rings is 1. The predicted octanol–water partition coefficient (Wildman–Crippen LogP) is 2.18. The van der Waals surface area contributed by atoms with Crippen molar-refractivity contribution in [2.24, 2.45) is 5.73 Å². The van der Waals surface area contributed by atoms with E-state index >= 15 is 0 Å². The quantitative estimate of drug-likeness (QED) is 0.855. The van der Waals surface area contributed by atoms with Crippen molar-refractivity contribution in [2.45, 2.75) is 38.8 Å². The van der Waals surface area contributed by atoms with Gasteiger partial charge in [-0.05, 0) is 37.1 Å². The van der Waals surface area contributed by atoms with Gasteiger partial charge in [0.05, 0.1) is 17.8 Å². The Morgan fingerprint density at radius 3 is 2.90 bits per heavy atom. The van der Waals surface area contributed by atoms with Gasteiger partial charge >= 0.3 is 0 Å². The van der Waals surface area contributed by atoms with Gasteiger partial charge in [-0.25, -0.2) is 4.68 Å². The fourth-order valence-electron chi connectivity index (χ4n) is 2.20. The molecular weight excluding hydrogens is 264 g/mol. The van der Waals surface area contributed by atoms with E-state index in [1.807, 2.05) is 50.4 Å². The first kappa shape index (κ1) is 15.3. The third kappa shape index (κ3) is 3.92. The average molecular weight is 286 g/mol. The molecule has 0 saturated carbocycles. The van der Waals surface area contributed by atoms with Gasteiger partial charge in [-0.15, -0.1) is 0 Å². The number of carbonyl (C=O) groups is 1. The normalized spacial score (nSPS) is 13.7. The van der Waals surface area contributed by atoms with Gasteiger partial charge < -0.3 is 11.1 Å². The number of nitrogens with zero attached hydrogens (tertiary/aromatic N) is 2. The Balaban J connectivity index is 2.07. The number of nitrogens with one attached hydrogen (secondary N) is 1. The minimum atomic E-state index is -0.438. The first-order chi connectivity index (χ1) is 10.1. The minimum absolute atomic E-state index is 0.0871. The van der Waals surface area contributed by atoms with Crippen LogP contribution in [0.1, 0.15) is 38.3 Å². The maximum atomic E-state index is 12.0. The molecule has 0 radical (unpaired) electrons. The number of amides is 1. The number of aromatic nitrogens is 2. The molecule has 0 aliphatic carbocycles. The molecule has 1 aromatic heterocycles. The van der Waals surface area contributed by atoms with Crippen molar-refractivity contribution in [1.82, 2.24) is 15.1 Å². The topological polar surface area (TPSA) is 72.9 Å². The highest BCUT2D eigenvalue weighted by Crippen LogP contribution is 2.16. The van der Waals surface area contributed by atoms with E-state index in [4.69, 9.17) is 5.73 Å². The molecule has 1 heterocycles. The molecule has 2 aromatic rings. The zero-order valence-corrected chi connectivity index (χ0v) is 12.5. The van der Waals surface area contributed by atoms with Gasteiger partial charge in [0.2, 0.25) is 5.91 Å². The van der Waals surface area contributed by atoms with E-state index in [2.05, 4.69) is 10.4 Å². The molecule has 1 aromatic carbocycles. The molecule has 112 valence electrons. The number of nitrogens with two attached hydrogens (primary N) is 1. The van der Waals surface area contributed by atoms with E-state index < -0.39 is 6.04 Å². The molecule has 2 unspecified atom stereocenters. The summed E-state index contributed by atoms with van der Waals surface area (Å²) < 4.78 is 1.79. The maximum absolute atomic E-state index is 12.0. The SMILES string of the molecule is CCCC(N)C(=O)NC(C)c1cccc(-n2cccn2)c1. The van der Waals surface area contributed by atoms with Gasteiger partial charge in [-0.2, -0.15) is 5.10 Å². The van der Waals surface area contributed by atoms with Crippen molar-refractivity contribution < 1.29 is 4.79 Å². The van der Waals surface area contributed by atoms with Crippen molar-refractivity contribution in [2.75, 3.05) is 0 Å². The molecule has 0 fully saturated rings. The molecule has 2 rings (SSSR count). The summed E-state index contributed by atoms with van der Waals surface area (Å²) in [4.78, 5) is 12.0. The van der Waals surface area contributed by atoms with Crippen LogP contribution in [-0.4, -0.2) is 21.7 Å². The predicted molar refractivity (Wildman–Crippen MR) is 83.0 cm³/mol. The summed E-state index contributed by atoms with van der Waals surface area (Å²) in [7, 11) is 0. The Morgan fingerprint density at radius 1 is 1.43 bits per heavy atom. The van der Waals surface area contributed by atoms with Crippen LogP contribution in [0.5, 0.6) is 0 Å². The summed E-state index contributed by atoms with van der Waals surface area (Å²) in [6.45, 7) is 3.98. The van der Waals surface area contributed by atoms with Crippen molar-refractivity contribution in [3.05, 3.63) is 48.3 Å². The minimum Gasteiger partial charge on any atom is -0.348 e. The van der Waals surface area contributed by atoms with Gasteiger partial charge in [-0.1, -0.05) is 25.5 Å². The van der Waals surface area contributed by atoms with Crippen LogP contribution in [0.4, 0.5) is 0 Å². The molecule has 2 atom stereocenters. The first-order valence-corrected chi connectivity index (χ1v) is 7.27. The highest BCUT2D eigenvalue weighted by atomic mass is 16.2. The molecule has 21 heavy (non-hydrogen) atoms. The summed E-state index contributed by atoms with van der Waals surface area (Å²) >= 11 is 0. The second kappa shape index (κ2) is 7.04. The molecule has 0 bridgehead atoms. The Bertz CT molecular complexity index is 580. The van der Waals surface area contributed by atoms with E-state index in [1.54, 1.807) is 10.9 Å². The lowest BCUT2D eigenvalue weighted by atomic mass is 10.1. The van der Waals surface area contributed by atoms with Crippen LogP contribution in [0.15, 0.2) is 42.7 Å².